The van der Waals surface area contributed by atoms with Crippen LogP contribution < -0.4 is 0 Å². The molecule has 0 aromatic rings. The van der Waals surface area contributed by atoms with Crippen LogP contribution in [0.2, 0.25) is 0 Å². The van der Waals surface area contributed by atoms with E-state index in [1.807, 2.05) is 0 Å². The van der Waals surface area contributed by atoms with E-state index in [2.05, 4.69) is 27.7 Å². The molecule has 0 spiro atoms. The quantitative estimate of drug-likeness (QED) is 0.477. The van der Waals surface area contributed by atoms with E-state index in [9.17, 15) is 0 Å². The van der Waals surface area contributed by atoms with Gasteiger partial charge in [-0.2, -0.15) is 0 Å². The van der Waals surface area contributed by atoms with Crippen molar-refractivity contribution in [1.29, 1.82) is 0 Å². The highest BCUT2D eigenvalue weighted by molar-refractivity contribution is 4.51. The highest BCUT2D eigenvalue weighted by Gasteiger charge is 1.95. The monoisotopic (exact) mass is 214 g/mol. The van der Waals surface area contributed by atoms with Crippen LogP contribution in [0, 0.1) is 0 Å². The minimum absolute atomic E-state index is 1.25. The van der Waals surface area contributed by atoms with E-state index in [-0.39, 0.29) is 0 Å². The first-order chi connectivity index (χ1) is 7.33. The predicted molar refractivity (Wildman–Crippen MR) is 73.5 cm³/mol. The molecule has 0 bridgehead atoms. The van der Waals surface area contributed by atoms with Gasteiger partial charge in [-0.3, -0.25) is 0 Å². The van der Waals surface area contributed by atoms with E-state index in [4.69, 9.17) is 0 Å². The molecule has 15 heavy (non-hydrogen) atoms. The second-order valence-electron chi connectivity index (χ2n) is 4.54. The molecule has 2 aliphatic carbocycles. The molecule has 0 aromatic heterocycles. The Bertz CT molecular complexity index is 50.1. The number of unbranched alkanes of at least 4 members (excludes halogenated alkanes) is 1. The molecule has 2 saturated carbocycles. The first-order valence-electron chi connectivity index (χ1n) is 7.33. The van der Waals surface area contributed by atoms with Crippen molar-refractivity contribution in [2.75, 3.05) is 0 Å². The SMILES string of the molecule is C1CCC1.C1CCC1.CCC.CCCC. The maximum Gasteiger partial charge on any atom is -0.0533 e. The summed E-state index contributed by atoms with van der Waals surface area (Å²) in [7, 11) is 0. The van der Waals surface area contributed by atoms with Crippen LogP contribution in [-0.2, 0) is 0 Å². The zero-order valence-electron chi connectivity index (χ0n) is 11.8. The molecule has 0 unspecified atom stereocenters. The molecule has 0 aliphatic heterocycles. The summed E-state index contributed by atoms with van der Waals surface area (Å²) in [5.41, 5.74) is 0. The molecule has 0 amide bonds. The maximum absolute atomic E-state index is 2.18. The Balaban J connectivity index is 0. The van der Waals surface area contributed by atoms with Crippen LogP contribution >= 0.6 is 0 Å². The van der Waals surface area contributed by atoms with Crippen molar-refractivity contribution in [3.8, 4) is 0 Å². The lowest BCUT2D eigenvalue weighted by Gasteiger charge is -2.05. The zero-order chi connectivity index (χ0) is 11.8. The largest absolute Gasteiger partial charge is 0.0656 e. The van der Waals surface area contributed by atoms with E-state index in [0.717, 1.165) is 0 Å². The molecular formula is C15H34. The van der Waals surface area contributed by atoms with Gasteiger partial charge in [-0.05, 0) is 0 Å². The molecule has 0 radical (unpaired) electrons. The fourth-order valence-corrected chi connectivity index (χ4v) is 0.500. The van der Waals surface area contributed by atoms with E-state index >= 15 is 0 Å². The maximum atomic E-state index is 2.18. The van der Waals surface area contributed by atoms with Crippen LogP contribution in [0.15, 0.2) is 0 Å². The zero-order valence-corrected chi connectivity index (χ0v) is 11.8. The molecule has 0 nitrogen and oxygen atoms in total. The topological polar surface area (TPSA) is 0 Å². The summed E-state index contributed by atoms with van der Waals surface area (Å²) in [6.45, 7) is 8.61. The average Bonchev–Trinajstić information content (AvgIpc) is 1.99. The van der Waals surface area contributed by atoms with Crippen molar-refractivity contribution in [1.82, 2.24) is 0 Å². The summed E-state index contributed by atoms with van der Waals surface area (Å²) in [6.07, 6.45) is 15.9. The van der Waals surface area contributed by atoms with Gasteiger partial charge in [-0.25, -0.2) is 0 Å². The van der Waals surface area contributed by atoms with E-state index in [0.29, 0.717) is 0 Å². The van der Waals surface area contributed by atoms with Gasteiger partial charge in [0.2, 0.25) is 0 Å². The average molecular weight is 214 g/mol. The second kappa shape index (κ2) is 19.6. The number of hydrogen-bond acceptors (Lipinski definition) is 0. The molecular weight excluding hydrogens is 180 g/mol. The lowest BCUT2D eigenvalue weighted by Crippen LogP contribution is -1.85. The lowest BCUT2D eigenvalue weighted by atomic mass is 10.0. The minimum Gasteiger partial charge on any atom is -0.0656 e. The fourth-order valence-electron chi connectivity index (χ4n) is 0.500. The molecule has 0 aromatic carbocycles. The third-order valence-electron chi connectivity index (χ3n) is 2.50. The first-order valence-corrected chi connectivity index (χ1v) is 7.33. The standard InChI is InChI=1S/2C4H8.C4H10.C3H8/c2*1-2-4-3-1;1-3-4-2;1-3-2/h2*1-4H2;3-4H2,1-2H3;3H2,1-2H3. The molecule has 2 rings (SSSR count). The van der Waals surface area contributed by atoms with E-state index < -0.39 is 0 Å². The van der Waals surface area contributed by atoms with Crippen LogP contribution in [0.3, 0.4) is 0 Å². The van der Waals surface area contributed by atoms with Gasteiger partial charge in [-0.1, -0.05) is 98.3 Å². The third-order valence-corrected chi connectivity index (χ3v) is 2.50. The summed E-state index contributed by atoms with van der Waals surface area (Å²) in [4.78, 5) is 0. The molecule has 0 saturated heterocycles. The van der Waals surface area contributed by atoms with Crippen molar-refractivity contribution in [2.45, 2.75) is 98.3 Å². The van der Waals surface area contributed by atoms with Gasteiger partial charge >= 0.3 is 0 Å². The van der Waals surface area contributed by atoms with E-state index in [1.165, 1.54) is 70.6 Å². The van der Waals surface area contributed by atoms with Crippen LogP contribution in [0.4, 0.5) is 0 Å². The van der Waals surface area contributed by atoms with Crippen LogP contribution in [0.5, 0.6) is 0 Å². The Kier molecular flexibility index (Phi) is 22.7. The van der Waals surface area contributed by atoms with Gasteiger partial charge in [0, 0.05) is 0 Å². The Morgan fingerprint density at radius 3 is 0.600 bits per heavy atom. The smallest absolute Gasteiger partial charge is 0.0533 e. The minimum atomic E-state index is 1.25. The normalized spacial score (nSPS) is 16.0. The van der Waals surface area contributed by atoms with Crippen molar-refractivity contribution < 1.29 is 0 Å². The van der Waals surface area contributed by atoms with Gasteiger partial charge in [0.25, 0.3) is 0 Å². The molecule has 2 aliphatic rings. The number of rotatable bonds is 1. The molecule has 0 atom stereocenters. The summed E-state index contributed by atoms with van der Waals surface area (Å²) in [5.74, 6) is 0. The van der Waals surface area contributed by atoms with Crippen molar-refractivity contribution in [3.05, 3.63) is 0 Å². The highest BCUT2D eigenvalue weighted by atomic mass is 14.0. The van der Waals surface area contributed by atoms with Crippen LogP contribution in [0.1, 0.15) is 98.3 Å². The third kappa shape index (κ3) is 24.9. The fraction of sp³-hybridized carbons (Fsp3) is 1.00. The van der Waals surface area contributed by atoms with Gasteiger partial charge in [0.1, 0.15) is 0 Å². The van der Waals surface area contributed by atoms with Crippen LogP contribution in [-0.4, -0.2) is 0 Å². The molecule has 94 valence electrons. The highest BCUT2D eigenvalue weighted by Crippen LogP contribution is 2.15. The van der Waals surface area contributed by atoms with Gasteiger partial charge in [0.15, 0.2) is 0 Å². The van der Waals surface area contributed by atoms with Crippen molar-refractivity contribution in [3.63, 3.8) is 0 Å². The first kappa shape index (κ1) is 17.4. The van der Waals surface area contributed by atoms with Gasteiger partial charge < -0.3 is 0 Å². The molecule has 0 heteroatoms. The lowest BCUT2D eigenvalue weighted by molar-refractivity contribution is 0.504. The Morgan fingerprint density at radius 2 is 0.600 bits per heavy atom. The van der Waals surface area contributed by atoms with E-state index in [1.54, 1.807) is 0 Å². The Morgan fingerprint density at radius 1 is 0.467 bits per heavy atom. The van der Waals surface area contributed by atoms with Crippen molar-refractivity contribution >= 4 is 0 Å². The summed E-state index contributed by atoms with van der Waals surface area (Å²) >= 11 is 0. The van der Waals surface area contributed by atoms with Gasteiger partial charge in [-0.15, -0.1) is 0 Å². The molecule has 2 fully saturated rings. The van der Waals surface area contributed by atoms with Gasteiger partial charge in [0.05, 0.1) is 0 Å². The van der Waals surface area contributed by atoms with Crippen LogP contribution in [0.25, 0.3) is 0 Å². The van der Waals surface area contributed by atoms with Crippen molar-refractivity contribution in [2.24, 2.45) is 0 Å². The second-order valence-corrected chi connectivity index (χ2v) is 4.54. The Hall–Kier alpha value is 0. The Labute approximate surface area is 98.9 Å². The number of hydrogen-bond donors (Lipinski definition) is 0. The summed E-state index contributed by atoms with van der Waals surface area (Å²) in [6, 6.07) is 0. The summed E-state index contributed by atoms with van der Waals surface area (Å²) < 4.78 is 0. The summed E-state index contributed by atoms with van der Waals surface area (Å²) in [5, 5.41) is 0. The predicted octanol–water partition coefficient (Wildman–Crippen LogP) is 6.34. The molecule has 0 N–H and O–H groups in total. The molecule has 0 heterocycles.